The second-order valence-electron chi connectivity index (χ2n) is 5.86. The third-order valence-corrected chi connectivity index (χ3v) is 2.97. The van der Waals surface area contributed by atoms with Gasteiger partial charge in [0.05, 0.1) is 11.9 Å². The van der Waals surface area contributed by atoms with Gasteiger partial charge in [0, 0.05) is 17.7 Å². The minimum atomic E-state index is -0.217. The molecule has 23 heavy (non-hydrogen) atoms. The predicted octanol–water partition coefficient (Wildman–Crippen LogP) is 2.71. The Morgan fingerprint density at radius 3 is 2.43 bits per heavy atom. The Labute approximate surface area is 140 Å². The Morgan fingerprint density at radius 2 is 1.96 bits per heavy atom. The van der Waals surface area contributed by atoms with Crippen molar-refractivity contribution < 1.29 is 9.13 Å². The molecule has 2 N–H and O–H groups in total. The summed E-state index contributed by atoms with van der Waals surface area (Å²) in [6.07, 6.45) is 0.475. The van der Waals surface area contributed by atoms with Gasteiger partial charge >= 0.3 is 0 Å². The van der Waals surface area contributed by atoms with E-state index in [0.29, 0.717) is 23.5 Å². The maximum absolute atomic E-state index is 12.4. The van der Waals surface area contributed by atoms with E-state index in [4.69, 9.17) is 10.5 Å². The van der Waals surface area contributed by atoms with Gasteiger partial charge in [-0.15, -0.1) is 22.6 Å². The van der Waals surface area contributed by atoms with Gasteiger partial charge in [0.1, 0.15) is 12.4 Å². The summed E-state index contributed by atoms with van der Waals surface area (Å²) < 4.78 is 17.8. The van der Waals surface area contributed by atoms with Gasteiger partial charge < -0.3 is 10.5 Å². The number of nitrogens with two attached hydrogens (primary N) is 1. The highest BCUT2D eigenvalue weighted by molar-refractivity contribution is 5.85. The zero-order valence-corrected chi connectivity index (χ0v) is 14.2. The number of aromatic nitrogens is 4. The van der Waals surface area contributed by atoms with E-state index < -0.39 is 0 Å². The Kier molecular flexibility index (Phi) is 6.65. The molecule has 0 saturated heterocycles. The predicted molar refractivity (Wildman–Crippen MR) is 89.2 cm³/mol. The number of tetrazole rings is 1. The molecule has 1 heterocycles. The van der Waals surface area contributed by atoms with Crippen molar-refractivity contribution in [3.63, 3.8) is 0 Å². The Bertz CT molecular complexity index is 649. The van der Waals surface area contributed by atoms with Crippen LogP contribution in [0.25, 0.3) is 11.4 Å². The van der Waals surface area contributed by atoms with Gasteiger partial charge in [-0.2, -0.15) is 4.80 Å². The van der Waals surface area contributed by atoms with Gasteiger partial charge in [-0.3, -0.25) is 0 Å². The number of hydrogen-bond acceptors (Lipinski definition) is 5. The summed E-state index contributed by atoms with van der Waals surface area (Å²) in [6, 6.07) is 7.22. The van der Waals surface area contributed by atoms with E-state index in [2.05, 4.69) is 15.4 Å². The minimum Gasteiger partial charge on any atom is -0.489 e. The van der Waals surface area contributed by atoms with Crippen molar-refractivity contribution in [2.45, 2.75) is 26.3 Å². The fourth-order valence-electron chi connectivity index (χ4n) is 1.63. The van der Waals surface area contributed by atoms with Crippen LogP contribution >= 0.6 is 12.4 Å². The first kappa shape index (κ1) is 19.1. The maximum Gasteiger partial charge on any atom is 0.204 e. The first-order valence-corrected chi connectivity index (χ1v) is 6.96. The number of ether oxygens (including phenoxy) is 1. The minimum absolute atomic E-state index is 0. The van der Waals surface area contributed by atoms with Crippen LogP contribution in [-0.4, -0.2) is 33.4 Å². The standard InChI is InChI=1S/C15H20FN5O.ClH/c1-15(2,3)21-19-14(18-20-21)12-4-6-13(7-5-12)22-10-11(8-16)9-17;/h4-8H,9-10,17H2,1-3H3;1H/b11-8+;. The lowest BCUT2D eigenvalue weighted by Crippen LogP contribution is -2.24. The molecule has 126 valence electrons. The van der Waals surface area contributed by atoms with E-state index in [-0.39, 0.29) is 31.1 Å². The summed E-state index contributed by atoms with van der Waals surface area (Å²) in [5, 5.41) is 12.5. The van der Waals surface area contributed by atoms with Crippen molar-refractivity contribution in [3.8, 4) is 17.1 Å². The average molecular weight is 342 g/mol. The molecule has 8 heteroatoms. The molecule has 2 rings (SSSR count). The molecule has 0 aliphatic carbocycles. The number of benzene rings is 1. The normalized spacial score (nSPS) is 12.0. The average Bonchev–Trinajstić information content (AvgIpc) is 2.99. The molecule has 0 atom stereocenters. The lowest BCUT2D eigenvalue weighted by atomic mass is 10.1. The van der Waals surface area contributed by atoms with Gasteiger partial charge in [-0.25, -0.2) is 4.39 Å². The molecule has 0 amide bonds. The summed E-state index contributed by atoms with van der Waals surface area (Å²) in [5.74, 6) is 1.17. The van der Waals surface area contributed by atoms with Gasteiger partial charge in [-0.05, 0) is 50.3 Å². The van der Waals surface area contributed by atoms with Gasteiger partial charge in [0.25, 0.3) is 0 Å². The molecule has 6 nitrogen and oxygen atoms in total. The second kappa shape index (κ2) is 8.03. The lowest BCUT2D eigenvalue weighted by molar-refractivity contribution is 0.306. The highest BCUT2D eigenvalue weighted by atomic mass is 35.5. The molecule has 0 fully saturated rings. The Hall–Kier alpha value is -1.99. The molecule has 0 aliphatic rings. The van der Waals surface area contributed by atoms with Crippen LogP contribution in [0.3, 0.4) is 0 Å². The van der Waals surface area contributed by atoms with Crippen LogP contribution in [0.2, 0.25) is 0 Å². The summed E-state index contributed by atoms with van der Waals surface area (Å²) in [4.78, 5) is 1.58. The highest BCUT2D eigenvalue weighted by Crippen LogP contribution is 2.20. The summed E-state index contributed by atoms with van der Waals surface area (Å²) in [7, 11) is 0. The molecular formula is C15H21ClFN5O. The largest absolute Gasteiger partial charge is 0.489 e. The zero-order valence-electron chi connectivity index (χ0n) is 13.4. The quantitative estimate of drug-likeness (QED) is 0.904. The number of hydrogen-bond donors (Lipinski definition) is 1. The van der Waals surface area contributed by atoms with Crippen molar-refractivity contribution in [1.82, 2.24) is 20.2 Å². The summed E-state index contributed by atoms with van der Waals surface area (Å²) in [5.41, 5.74) is 6.39. The highest BCUT2D eigenvalue weighted by Gasteiger charge is 2.17. The lowest BCUT2D eigenvalue weighted by Gasteiger charge is -2.15. The van der Waals surface area contributed by atoms with Crippen LogP contribution in [-0.2, 0) is 5.54 Å². The summed E-state index contributed by atoms with van der Waals surface area (Å²) >= 11 is 0. The number of nitrogens with zero attached hydrogens (tertiary/aromatic N) is 4. The van der Waals surface area contributed by atoms with Crippen LogP contribution in [0.15, 0.2) is 36.2 Å². The van der Waals surface area contributed by atoms with Gasteiger partial charge in [0.2, 0.25) is 5.82 Å². The third kappa shape index (κ3) is 5.01. The zero-order chi connectivity index (χ0) is 16.2. The molecule has 0 unspecified atom stereocenters. The third-order valence-electron chi connectivity index (χ3n) is 2.97. The van der Waals surface area contributed by atoms with E-state index in [0.717, 1.165) is 5.56 Å². The molecule has 0 aliphatic heterocycles. The summed E-state index contributed by atoms with van der Waals surface area (Å²) in [6.45, 7) is 6.27. The van der Waals surface area contributed by atoms with Crippen LogP contribution in [0.1, 0.15) is 20.8 Å². The van der Waals surface area contributed by atoms with Gasteiger partial charge in [-0.1, -0.05) is 0 Å². The molecule has 1 aromatic heterocycles. The SMILES string of the molecule is CC(C)(C)n1nnc(-c2ccc(OC/C(=C/F)CN)cc2)n1.Cl. The van der Waals surface area contributed by atoms with Crippen LogP contribution < -0.4 is 10.5 Å². The van der Waals surface area contributed by atoms with E-state index >= 15 is 0 Å². The smallest absolute Gasteiger partial charge is 0.204 e. The second-order valence-corrected chi connectivity index (χ2v) is 5.86. The molecule has 0 bridgehead atoms. The van der Waals surface area contributed by atoms with Crippen molar-refractivity contribution in [2.24, 2.45) is 5.73 Å². The first-order chi connectivity index (χ1) is 10.4. The molecule has 0 spiro atoms. The van der Waals surface area contributed by atoms with Crippen LogP contribution in [0, 0.1) is 0 Å². The Balaban J connectivity index is 0.00000264. The molecule has 1 aromatic carbocycles. The van der Waals surface area contributed by atoms with E-state index in [1.165, 1.54) is 0 Å². The molecule has 0 radical (unpaired) electrons. The fraction of sp³-hybridized carbons (Fsp3) is 0.400. The van der Waals surface area contributed by atoms with E-state index in [1.54, 1.807) is 16.9 Å². The van der Waals surface area contributed by atoms with E-state index in [1.807, 2.05) is 32.9 Å². The number of halogens is 2. The van der Waals surface area contributed by atoms with Crippen molar-refractivity contribution in [1.29, 1.82) is 0 Å². The maximum atomic E-state index is 12.4. The van der Waals surface area contributed by atoms with Crippen molar-refractivity contribution in [3.05, 3.63) is 36.2 Å². The molecular weight excluding hydrogens is 321 g/mol. The number of rotatable bonds is 5. The fourth-order valence-corrected chi connectivity index (χ4v) is 1.63. The van der Waals surface area contributed by atoms with Crippen molar-refractivity contribution >= 4 is 12.4 Å². The van der Waals surface area contributed by atoms with Gasteiger partial charge in [0.15, 0.2) is 0 Å². The topological polar surface area (TPSA) is 78.8 Å². The first-order valence-electron chi connectivity index (χ1n) is 6.96. The van der Waals surface area contributed by atoms with Crippen LogP contribution in [0.4, 0.5) is 4.39 Å². The molecule has 0 saturated carbocycles. The molecule has 2 aromatic rings. The van der Waals surface area contributed by atoms with Crippen LogP contribution in [0.5, 0.6) is 5.75 Å². The van der Waals surface area contributed by atoms with Crippen molar-refractivity contribution in [2.75, 3.05) is 13.2 Å². The van der Waals surface area contributed by atoms with E-state index in [9.17, 15) is 4.39 Å². The Morgan fingerprint density at radius 1 is 1.30 bits per heavy atom. The monoisotopic (exact) mass is 341 g/mol.